The fourth-order valence-electron chi connectivity index (χ4n) is 1.73. The number of nitrogens with zero attached hydrogens (tertiary/aromatic N) is 2. The number of carbonyl (C=O) groups is 1. The van der Waals surface area contributed by atoms with Crippen molar-refractivity contribution in [2.24, 2.45) is 5.10 Å². The fourth-order valence-corrected chi connectivity index (χ4v) is 4.22. The first kappa shape index (κ1) is 19.5. The number of halogens is 3. The second-order valence-corrected chi connectivity index (χ2v) is 7.26. The Hall–Kier alpha value is -1.78. The van der Waals surface area contributed by atoms with E-state index in [4.69, 9.17) is 4.74 Å². The SMILES string of the molecule is O=C(COc1c(Br)cc(Br)cc1Br)N/N=C/c1cccc([N+](=O)[O-])c1. The Morgan fingerprint density at radius 3 is 2.56 bits per heavy atom. The minimum Gasteiger partial charge on any atom is -0.481 e. The highest BCUT2D eigenvalue weighted by Crippen LogP contribution is 2.36. The standard InChI is InChI=1S/C15H10Br3N3O4/c16-10-5-12(17)15(13(18)6-10)25-8-14(22)20-19-7-9-2-1-3-11(4-9)21(23)24/h1-7H,8H2,(H,20,22)/b19-7+. The van der Waals surface area contributed by atoms with Crippen LogP contribution in [-0.2, 0) is 4.79 Å². The first-order valence-corrected chi connectivity index (χ1v) is 9.08. The highest BCUT2D eigenvalue weighted by Gasteiger charge is 2.10. The summed E-state index contributed by atoms with van der Waals surface area (Å²) in [5, 5.41) is 14.5. The quantitative estimate of drug-likeness (QED) is 0.337. The molecule has 7 nitrogen and oxygen atoms in total. The van der Waals surface area contributed by atoms with Crippen LogP contribution >= 0.6 is 47.8 Å². The number of ether oxygens (including phenoxy) is 1. The molecule has 1 N–H and O–H groups in total. The van der Waals surface area contributed by atoms with Gasteiger partial charge in [-0.15, -0.1) is 0 Å². The first-order chi connectivity index (χ1) is 11.9. The van der Waals surface area contributed by atoms with Gasteiger partial charge in [0.25, 0.3) is 11.6 Å². The molecular formula is C15H10Br3N3O4. The van der Waals surface area contributed by atoms with E-state index in [0.717, 1.165) is 4.47 Å². The van der Waals surface area contributed by atoms with Crippen LogP contribution in [0.1, 0.15) is 5.56 Å². The topological polar surface area (TPSA) is 93.8 Å². The van der Waals surface area contributed by atoms with E-state index in [1.807, 2.05) is 0 Å². The maximum absolute atomic E-state index is 11.8. The largest absolute Gasteiger partial charge is 0.481 e. The van der Waals surface area contributed by atoms with Crippen molar-refractivity contribution in [2.75, 3.05) is 6.61 Å². The molecule has 25 heavy (non-hydrogen) atoms. The number of rotatable bonds is 6. The number of hydrogen-bond acceptors (Lipinski definition) is 5. The molecule has 2 aromatic rings. The van der Waals surface area contributed by atoms with E-state index < -0.39 is 10.8 Å². The molecule has 1 amide bonds. The van der Waals surface area contributed by atoms with Gasteiger partial charge in [0.1, 0.15) is 5.75 Å². The Kier molecular flexibility index (Phi) is 7.09. The lowest BCUT2D eigenvalue weighted by Crippen LogP contribution is -2.24. The molecule has 0 spiro atoms. The predicted molar refractivity (Wildman–Crippen MR) is 104 cm³/mol. The number of amides is 1. The molecule has 0 atom stereocenters. The third-order valence-corrected chi connectivity index (χ3v) is 4.43. The third kappa shape index (κ3) is 5.91. The molecule has 2 aromatic carbocycles. The summed E-state index contributed by atoms with van der Waals surface area (Å²) in [5.74, 6) is 0.0180. The third-order valence-electron chi connectivity index (χ3n) is 2.79. The fraction of sp³-hybridized carbons (Fsp3) is 0.0667. The molecule has 2 rings (SSSR count). The number of nitro groups is 1. The minimum atomic E-state index is -0.502. The van der Waals surface area contributed by atoms with Gasteiger partial charge in [0.05, 0.1) is 20.1 Å². The van der Waals surface area contributed by atoms with Crippen molar-refractivity contribution in [3.8, 4) is 5.75 Å². The molecule has 0 aromatic heterocycles. The molecule has 0 radical (unpaired) electrons. The van der Waals surface area contributed by atoms with Crippen molar-refractivity contribution in [1.82, 2.24) is 5.43 Å². The van der Waals surface area contributed by atoms with Crippen LogP contribution in [0.3, 0.4) is 0 Å². The maximum Gasteiger partial charge on any atom is 0.277 e. The lowest BCUT2D eigenvalue weighted by atomic mass is 10.2. The van der Waals surface area contributed by atoms with Gasteiger partial charge < -0.3 is 4.74 Å². The highest BCUT2D eigenvalue weighted by atomic mass is 79.9. The molecule has 0 aliphatic carbocycles. The van der Waals surface area contributed by atoms with Gasteiger partial charge in [0.15, 0.2) is 6.61 Å². The molecule has 0 saturated heterocycles. The van der Waals surface area contributed by atoms with E-state index in [9.17, 15) is 14.9 Å². The van der Waals surface area contributed by atoms with Gasteiger partial charge in [-0.05, 0) is 44.0 Å². The lowest BCUT2D eigenvalue weighted by Gasteiger charge is -2.09. The summed E-state index contributed by atoms with van der Waals surface area (Å²) in [6.07, 6.45) is 1.32. The zero-order valence-electron chi connectivity index (χ0n) is 12.4. The van der Waals surface area contributed by atoms with Crippen LogP contribution in [-0.4, -0.2) is 23.7 Å². The van der Waals surface area contributed by atoms with E-state index in [0.29, 0.717) is 20.3 Å². The molecule has 0 aliphatic rings. The molecule has 130 valence electrons. The molecule has 0 fully saturated rings. The van der Waals surface area contributed by atoms with Crippen molar-refractivity contribution in [1.29, 1.82) is 0 Å². The molecule has 0 heterocycles. The normalized spacial score (nSPS) is 10.7. The summed E-state index contributed by atoms with van der Waals surface area (Å²) in [6.45, 7) is -0.245. The Bertz CT molecular complexity index is 820. The minimum absolute atomic E-state index is 0.0523. The number of hydrazone groups is 1. The predicted octanol–water partition coefficient (Wildman–Crippen LogP) is 4.41. The molecule has 0 saturated carbocycles. The average Bonchev–Trinajstić information content (AvgIpc) is 2.54. The van der Waals surface area contributed by atoms with Gasteiger partial charge in [-0.25, -0.2) is 5.43 Å². The highest BCUT2D eigenvalue weighted by molar-refractivity contribution is 9.11. The Morgan fingerprint density at radius 1 is 1.24 bits per heavy atom. The number of non-ortho nitro benzene ring substituents is 1. The zero-order chi connectivity index (χ0) is 18.4. The number of hydrogen-bond donors (Lipinski definition) is 1. The molecule has 10 heteroatoms. The van der Waals surface area contributed by atoms with Gasteiger partial charge in [-0.3, -0.25) is 14.9 Å². The van der Waals surface area contributed by atoms with Gasteiger partial charge >= 0.3 is 0 Å². The van der Waals surface area contributed by atoms with E-state index in [1.54, 1.807) is 18.2 Å². The molecule has 0 unspecified atom stereocenters. The van der Waals surface area contributed by atoms with Crippen LogP contribution in [0.5, 0.6) is 5.75 Å². The van der Waals surface area contributed by atoms with Crippen molar-refractivity contribution in [2.45, 2.75) is 0 Å². The monoisotopic (exact) mass is 533 g/mol. The van der Waals surface area contributed by atoms with Crippen LogP contribution in [0.15, 0.2) is 54.9 Å². The smallest absolute Gasteiger partial charge is 0.277 e. The van der Waals surface area contributed by atoms with Gasteiger partial charge in [0.2, 0.25) is 0 Å². The Labute approximate surface area is 168 Å². The summed E-state index contributed by atoms with van der Waals surface area (Å²) in [6, 6.07) is 9.47. The van der Waals surface area contributed by atoms with E-state index >= 15 is 0 Å². The van der Waals surface area contributed by atoms with Crippen LogP contribution in [0.25, 0.3) is 0 Å². The Morgan fingerprint density at radius 2 is 1.92 bits per heavy atom. The first-order valence-electron chi connectivity index (χ1n) is 6.70. The Balaban J connectivity index is 1.91. The van der Waals surface area contributed by atoms with Crippen molar-refractivity contribution < 1.29 is 14.5 Å². The van der Waals surface area contributed by atoms with Crippen LogP contribution in [0.2, 0.25) is 0 Å². The second-order valence-electron chi connectivity index (χ2n) is 4.63. The summed E-state index contributed by atoms with van der Waals surface area (Å²) >= 11 is 10.0. The summed E-state index contributed by atoms with van der Waals surface area (Å²) < 4.78 is 7.66. The number of nitrogens with one attached hydrogen (secondary N) is 1. The van der Waals surface area contributed by atoms with Crippen LogP contribution in [0.4, 0.5) is 5.69 Å². The van der Waals surface area contributed by atoms with E-state index in [1.165, 1.54) is 24.4 Å². The summed E-state index contributed by atoms with van der Waals surface area (Å²) in [4.78, 5) is 22.0. The maximum atomic E-state index is 11.8. The second kappa shape index (κ2) is 9.07. The summed E-state index contributed by atoms with van der Waals surface area (Å²) in [5.41, 5.74) is 2.74. The number of carbonyl (C=O) groups excluding carboxylic acids is 1. The summed E-state index contributed by atoms with van der Waals surface area (Å²) in [7, 11) is 0. The average molecular weight is 536 g/mol. The van der Waals surface area contributed by atoms with Gasteiger partial charge in [0, 0.05) is 22.2 Å². The van der Waals surface area contributed by atoms with Crippen molar-refractivity contribution in [3.05, 3.63) is 65.5 Å². The van der Waals surface area contributed by atoms with Crippen LogP contribution < -0.4 is 10.2 Å². The number of benzene rings is 2. The van der Waals surface area contributed by atoms with Crippen molar-refractivity contribution >= 4 is 65.6 Å². The molecule has 0 aliphatic heterocycles. The lowest BCUT2D eigenvalue weighted by molar-refractivity contribution is -0.384. The molecule has 0 bridgehead atoms. The van der Waals surface area contributed by atoms with E-state index in [2.05, 4.69) is 58.3 Å². The van der Waals surface area contributed by atoms with Gasteiger partial charge in [-0.2, -0.15) is 5.10 Å². The number of nitro benzene ring substituents is 1. The zero-order valence-corrected chi connectivity index (χ0v) is 17.2. The van der Waals surface area contributed by atoms with Crippen molar-refractivity contribution in [3.63, 3.8) is 0 Å². The van der Waals surface area contributed by atoms with Gasteiger partial charge in [-0.1, -0.05) is 28.1 Å². The van der Waals surface area contributed by atoms with Crippen LogP contribution in [0, 0.1) is 10.1 Å². The molecular weight excluding hydrogens is 526 g/mol. The van der Waals surface area contributed by atoms with E-state index in [-0.39, 0.29) is 12.3 Å².